The van der Waals surface area contributed by atoms with Gasteiger partial charge in [0, 0.05) is 25.6 Å². The zero-order valence-electron chi connectivity index (χ0n) is 10.9. The third-order valence-electron chi connectivity index (χ3n) is 3.56. The van der Waals surface area contributed by atoms with Gasteiger partial charge in [0.25, 0.3) is 5.60 Å². The van der Waals surface area contributed by atoms with E-state index in [4.69, 9.17) is 10.6 Å². The highest BCUT2D eigenvalue weighted by atomic mass is 16.7. The van der Waals surface area contributed by atoms with Crippen LogP contribution in [-0.2, 0) is 16.7 Å². The van der Waals surface area contributed by atoms with E-state index in [2.05, 4.69) is 10.1 Å². The Bertz CT molecular complexity index is 721. The maximum Gasteiger partial charge on any atom is 0.352 e. The Morgan fingerprint density at radius 3 is 3.05 bits per heavy atom. The van der Waals surface area contributed by atoms with Gasteiger partial charge in [-0.05, 0) is 12.1 Å². The van der Waals surface area contributed by atoms with E-state index in [1.165, 1.54) is 0 Å². The van der Waals surface area contributed by atoms with Crippen molar-refractivity contribution in [2.75, 3.05) is 6.54 Å². The molecule has 2 heterocycles. The fourth-order valence-electron chi connectivity index (χ4n) is 2.26. The summed E-state index contributed by atoms with van der Waals surface area (Å²) in [6, 6.07) is 5.66. The minimum absolute atomic E-state index is 0.124. The predicted molar refractivity (Wildman–Crippen MR) is 72.4 cm³/mol. The molecule has 0 amide bonds. The standard InChI is InChI=1S/C13H14N4O3/c1-17-7-15-9-4-8(2-3-11(9)17)10-5-13(6-14,12(18)19)20-16-10/h2-4,7H,5-6,14H2,1H3,(H,18,19). The number of aromatic nitrogens is 2. The number of aliphatic carboxylic acids is 1. The summed E-state index contributed by atoms with van der Waals surface area (Å²) in [6.45, 7) is -0.124. The number of fused-ring (bicyclic) bond motifs is 1. The number of imidazole rings is 1. The van der Waals surface area contributed by atoms with E-state index in [0.29, 0.717) is 5.71 Å². The predicted octanol–water partition coefficient (Wildman–Crippen LogP) is 0.480. The van der Waals surface area contributed by atoms with Gasteiger partial charge in [0.05, 0.1) is 23.1 Å². The van der Waals surface area contributed by atoms with Crippen LogP contribution in [0.5, 0.6) is 0 Å². The van der Waals surface area contributed by atoms with E-state index in [-0.39, 0.29) is 13.0 Å². The van der Waals surface area contributed by atoms with Crippen molar-refractivity contribution in [1.82, 2.24) is 9.55 Å². The van der Waals surface area contributed by atoms with Gasteiger partial charge < -0.3 is 20.2 Å². The Labute approximate surface area is 114 Å². The Morgan fingerprint density at radius 2 is 2.40 bits per heavy atom. The van der Waals surface area contributed by atoms with Gasteiger partial charge >= 0.3 is 5.97 Å². The molecular formula is C13H14N4O3. The van der Waals surface area contributed by atoms with Crippen molar-refractivity contribution < 1.29 is 14.7 Å². The first kappa shape index (κ1) is 12.6. The van der Waals surface area contributed by atoms with Crippen LogP contribution in [0.4, 0.5) is 0 Å². The smallest absolute Gasteiger partial charge is 0.352 e. The molecule has 7 heteroatoms. The van der Waals surface area contributed by atoms with Crippen molar-refractivity contribution in [1.29, 1.82) is 0 Å². The molecule has 20 heavy (non-hydrogen) atoms. The Kier molecular flexibility index (Phi) is 2.72. The number of aryl methyl sites for hydroxylation is 1. The largest absolute Gasteiger partial charge is 0.478 e. The monoisotopic (exact) mass is 274 g/mol. The highest BCUT2D eigenvalue weighted by Gasteiger charge is 2.46. The summed E-state index contributed by atoms with van der Waals surface area (Å²) in [4.78, 5) is 20.6. The van der Waals surface area contributed by atoms with E-state index in [9.17, 15) is 9.90 Å². The van der Waals surface area contributed by atoms with Crippen molar-refractivity contribution in [3.8, 4) is 0 Å². The Hall–Kier alpha value is -2.41. The number of nitrogens with two attached hydrogens (primary N) is 1. The lowest BCUT2D eigenvalue weighted by Gasteiger charge is -2.18. The van der Waals surface area contributed by atoms with Crippen molar-refractivity contribution in [2.45, 2.75) is 12.0 Å². The summed E-state index contributed by atoms with van der Waals surface area (Å²) in [5.41, 5.74) is 7.26. The third-order valence-corrected chi connectivity index (χ3v) is 3.56. The molecule has 3 rings (SSSR count). The minimum atomic E-state index is -1.45. The lowest BCUT2D eigenvalue weighted by Crippen LogP contribution is -2.45. The van der Waals surface area contributed by atoms with Crippen LogP contribution in [0.2, 0.25) is 0 Å². The van der Waals surface area contributed by atoms with Crippen LogP contribution < -0.4 is 5.73 Å². The second-order valence-electron chi connectivity index (χ2n) is 4.87. The summed E-state index contributed by atoms with van der Waals surface area (Å²) >= 11 is 0. The highest BCUT2D eigenvalue weighted by Crippen LogP contribution is 2.27. The quantitative estimate of drug-likeness (QED) is 0.847. The number of hydrogen-bond donors (Lipinski definition) is 2. The maximum absolute atomic E-state index is 11.3. The van der Waals surface area contributed by atoms with Gasteiger partial charge in [0.1, 0.15) is 0 Å². The molecule has 0 saturated heterocycles. The van der Waals surface area contributed by atoms with E-state index in [1.807, 2.05) is 29.8 Å². The molecule has 0 spiro atoms. The molecule has 0 fully saturated rings. The van der Waals surface area contributed by atoms with E-state index in [1.54, 1.807) is 6.33 Å². The summed E-state index contributed by atoms with van der Waals surface area (Å²) in [5, 5.41) is 13.1. The molecule has 3 N–H and O–H groups in total. The van der Waals surface area contributed by atoms with Crippen LogP contribution >= 0.6 is 0 Å². The number of rotatable bonds is 3. The Balaban J connectivity index is 1.95. The van der Waals surface area contributed by atoms with Gasteiger partial charge in [-0.15, -0.1) is 0 Å². The number of benzene rings is 1. The van der Waals surface area contributed by atoms with E-state index < -0.39 is 11.6 Å². The van der Waals surface area contributed by atoms with Crippen molar-refractivity contribution in [3.63, 3.8) is 0 Å². The Morgan fingerprint density at radius 1 is 1.60 bits per heavy atom. The average molecular weight is 274 g/mol. The molecular weight excluding hydrogens is 260 g/mol. The summed E-state index contributed by atoms with van der Waals surface area (Å²) < 4.78 is 1.91. The number of oxime groups is 1. The molecule has 1 unspecified atom stereocenters. The number of carboxylic acids is 1. The third kappa shape index (κ3) is 1.75. The first-order valence-corrected chi connectivity index (χ1v) is 6.16. The lowest BCUT2D eigenvalue weighted by molar-refractivity contribution is -0.161. The number of carbonyl (C=O) groups is 1. The minimum Gasteiger partial charge on any atom is -0.478 e. The van der Waals surface area contributed by atoms with Crippen LogP contribution in [0.25, 0.3) is 11.0 Å². The number of nitrogens with zero attached hydrogens (tertiary/aromatic N) is 3. The molecule has 7 nitrogen and oxygen atoms in total. The van der Waals surface area contributed by atoms with Gasteiger partial charge in [-0.2, -0.15) is 0 Å². The second-order valence-corrected chi connectivity index (χ2v) is 4.87. The van der Waals surface area contributed by atoms with Gasteiger partial charge in [-0.1, -0.05) is 11.2 Å². The molecule has 0 saturated carbocycles. The molecule has 1 aromatic carbocycles. The number of carboxylic acid groups (broad SMARTS) is 1. The topological polar surface area (TPSA) is 103 Å². The average Bonchev–Trinajstić information content (AvgIpc) is 3.04. The SMILES string of the molecule is Cn1cnc2cc(C3=NOC(CN)(C(=O)O)C3)ccc21. The van der Waals surface area contributed by atoms with Gasteiger partial charge in [-0.25, -0.2) is 9.78 Å². The molecule has 2 aromatic rings. The van der Waals surface area contributed by atoms with Gasteiger partial charge in [0.2, 0.25) is 0 Å². The second kappa shape index (κ2) is 4.31. The summed E-state index contributed by atoms with van der Waals surface area (Å²) in [5.74, 6) is -1.10. The molecule has 104 valence electrons. The van der Waals surface area contributed by atoms with Crippen LogP contribution in [0, 0.1) is 0 Å². The molecule has 1 aliphatic heterocycles. The van der Waals surface area contributed by atoms with E-state index in [0.717, 1.165) is 16.6 Å². The molecule has 0 bridgehead atoms. The highest BCUT2D eigenvalue weighted by molar-refractivity contribution is 6.06. The van der Waals surface area contributed by atoms with E-state index >= 15 is 0 Å². The van der Waals surface area contributed by atoms with Crippen molar-refractivity contribution in [3.05, 3.63) is 30.1 Å². The lowest BCUT2D eigenvalue weighted by atomic mass is 9.94. The van der Waals surface area contributed by atoms with Crippen molar-refractivity contribution >= 4 is 22.7 Å². The molecule has 1 atom stereocenters. The molecule has 1 aliphatic rings. The van der Waals surface area contributed by atoms with Gasteiger partial charge in [0.15, 0.2) is 0 Å². The number of hydrogen-bond acceptors (Lipinski definition) is 5. The maximum atomic E-state index is 11.3. The normalized spacial score (nSPS) is 21.8. The molecule has 0 aliphatic carbocycles. The van der Waals surface area contributed by atoms with Crippen LogP contribution in [0.15, 0.2) is 29.7 Å². The fraction of sp³-hybridized carbons (Fsp3) is 0.308. The van der Waals surface area contributed by atoms with Crippen LogP contribution in [0.1, 0.15) is 12.0 Å². The van der Waals surface area contributed by atoms with Crippen LogP contribution in [-0.4, -0.2) is 38.5 Å². The summed E-state index contributed by atoms with van der Waals surface area (Å²) in [7, 11) is 1.91. The van der Waals surface area contributed by atoms with Crippen molar-refractivity contribution in [2.24, 2.45) is 17.9 Å². The first-order chi connectivity index (χ1) is 9.55. The molecule has 0 radical (unpaired) electrons. The van der Waals surface area contributed by atoms with Gasteiger partial charge in [-0.3, -0.25) is 0 Å². The first-order valence-electron chi connectivity index (χ1n) is 6.16. The molecule has 1 aromatic heterocycles. The zero-order chi connectivity index (χ0) is 14.3. The zero-order valence-corrected chi connectivity index (χ0v) is 10.9. The fourth-order valence-corrected chi connectivity index (χ4v) is 2.26. The summed E-state index contributed by atoms with van der Waals surface area (Å²) in [6.07, 6.45) is 1.88. The van der Waals surface area contributed by atoms with Crippen LogP contribution in [0.3, 0.4) is 0 Å².